The molecule has 0 unspecified atom stereocenters. The summed E-state index contributed by atoms with van der Waals surface area (Å²) in [6, 6.07) is 12.7. The van der Waals surface area contributed by atoms with E-state index in [4.69, 9.17) is 25.8 Å². The number of carbonyl (C=O) groups is 1. The molecular weight excluding hydrogens is 330 g/mol. The molecular formula is C18H18ClNO4. The van der Waals surface area contributed by atoms with Crippen molar-refractivity contribution in [3.05, 3.63) is 60.2 Å². The van der Waals surface area contributed by atoms with Crippen molar-refractivity contribution in [1.82, 2.24) is 0 Å². The molecule has 24 heavy (non-hydrogen) atoms. The molecule has 0 saturated carbocycles. The number of halogens is 1. The second kappa shape index (κ2) is 8.26. The molecule has 0 fully saturated rings. The summed E-state index contributed by atoms with van der Waals surface area (Å²) in [5.74, 6) is 0.848. The van der Waals surface area contributed by atoms with E-state index in [2.05, 4.69) is 11.9 Å². The van der Waals surface area contributed by atoms with Crippen molar-refractivity contribution >= 4 is 28.4 Å². The van der Waals surface area contributed by atoms with Crippen LogP contribution in [0.15, 0.2) is 49.0 Å². The van der Waals surface area contributed by atoms with Crippen LogP contribution in [0.4, 0.5) is 10.5 Å². The van der Waals surface area contributed by atoms with Crippen molar-refractivity contribution in [2.45, 2.75) is 6.61 Å². The van der Waals surface area contributed by atoms with E-state index in [0.29, 0.717) is 22.7 Å². The maximum absolute atomic E-state index is 12.0. The topological polar surface area (TPSA) is 56.8 Å². The zero-order chi connectivity index (χ0) is 17.5. The van der Waals surface area contributed by atoms with Gasteiger partial charge in [-0.2, -0.15) is 0 Å². The average molecular weight is 348 g/mol. The van der Waals surface area contributed by atoms with Gasteiger partial charge in [-0.3, -0.25) is 5.32 Å². The van der Waals surface area contributed by atoms with E-state index in [1.54, 1.807) is 12.1 Å². The smallest absolute Gasteiger partial charge is 0.412 e. The van der Waals surface area contributed by atoms with Crippen molar-refractivity contribution in [2.75, 3.05) is 19.5 Å². The predicted octanol–water partition coefficient (Wildman–Crippen LogP) is 4.66. The highest BCUT2D eigenvalue weighted by molar-refractivity contribution is 6.49. The van der Waals surface area contributed by atoms with Crippen LogP contribution in [0.1, 0.15) is 11.1 Å². The lowest BCUT2D eigenvalue weighted by Gasteiger charge is -2.16. The largest absolute Gasteiger partial charge is 0.496 e. The highest BCUT2D eigenvalue weighted by Gasteiger charge is 2.18. The van der Waals surface area contributed by atoms with E-state index >= 15 is 0 Å². The van der Waals surface area contributed by atoms with Crippen LogP contribution < -0.4 is 14.8 Å². The fourth-order valence-electron chi connectivity index (χ4n) is 2.17. The Balaban J connectivity index is 2.15. The number of hydrogen-bond donors (Lipinski definition) is 1. The maximum Gasteiger partial charge on any atom is 0.412 e. The number of rotatable bonds is 6. The molecule has 0 saturated heterocycles. The first kappa shape index (κ1) is 17.7. The van der Waals surface area contributed by atoms with Gasteiger partial charge in [0, 0.05) is 5.03 Å². The first-order valence-corrected chi connectivity index (χ1v) is 7.52. The number of nitrogens with one attached hydrogen (secondary N) is 1. The van der Waals surface area contributed by atoms with E-state index in [1.807, 2.05) is 30.3 Å². The normalized spacial score (nSPS) is 9.96. The van der Waals surface area contributed by atoms with Crippen LogP contribution >= 0.6 is 11.6 Å². The molecule has 0 aliphatic rings. The lowest BCUT2D eigenvalue weighted by Crippen LogP contribution is -2.14. The summed E-state index contributed by atoms with van der Waals surface area (Å²) in [4.78, 5) is 12.0. The Kier molecular flexibility index (Phi) is 6.09. The molecule has 2 aromatic rings. The lowest BCUT2D eigenvalue weighted by molar-refractivity contribution is 0.155. The van der Waals surface area contributed by atoms with Crippen LogP contribution in [-0.4, -0.2) is 20.3 Å². The summed E-state index contributed by atoms with van der Waals surface area (Å²) in [6.45, 7) is 3.87. The third-order valence-electron chi connectivity index (χ3n) is 3.26. The summed E-state index contributed by atoms with van der Waals surface area (Å²) in [5.41, 5.74) is 1.78. The molecule has 0 atom stereocenters. The average Bonchev–Trinajstić information content (AvgIpc) is 2.60. The highest BCUT2D eigenvalue weighted by Crippen LogP contribution is 2.41. The molecule has 2 aromatic carbocycles. The third-order valence-corrected chi connectivity index (χ3v) is 3.45. The molecule has 0 aliphatic carbocycles. The quantitative estimate of drug-likeness (QED) is 0.825. The summed E-state index contributed by atoms with van der Waals surface area (Å²) < 4.78 is 15.8. The fourth-order valence-corrected chi connectivity index (χ4v) is 2.35. The van der Waals surface area contributed by atoms with Crippen LogP contribution in [-0.2, 0) is 11.3 Å². The predicted molar refractivity (Wildman–Crippen MR) is 94.7 cm³/mol. The van der Waals surface area contributed by atoms with Crippen LogP contribution in [0.25, 0.3) is 5.03 Å². The molecule has 126 valence electrons. The zero-order valence-electron chi connectivity index (χ0n) is 13.5. The lowest BCUT2D eigenvalue weighted by atomic mass is 10.1. The Morgan fingerprint density at radius 2 is 1.83 bits per heavy atom. The molecule has 0 heterocycles. The second-order valence-corrected chi connectivity index (χ2v) is 5.27. The summed E-state index contributed by atoms with van der Waals surface area (Å²) >= 11 is 6.02. The van der Waals surface area contributed by atoms with Crippen molar-refractivity contribution < 1.29 is 19.0 Å². The molecule has 0 bridgehead atoms. The molecule has 2 rings (SSSR count). The van der Waals surface area contributed by atoms with Gasteiger partial charge in [-0.05, 0) is 17.7 Å². The van der Waals surface area contributed by atoms with Gasteiger partial charge in [-0.25, -0.2) is 4.79 Å². The van der Waals surface area contributed by atoms with Gasteiger partial charge in [0.1, 0.15) is 12.4 Å². The molecule has 6 heteroatoms. The van der Waals surface area contributed by atoms with Crippen LogP contribution in [0, 0.1) is 0 Å². The van der Waals surface area contributed by atoms with Crippen LogP contribution in [0.2, 0.25) is 0 Å². The second-order valence-electron chi connectivity index (χ2n) is 4.82. The Hall–Kier alpha value is -2.66. The molecule has 1 N–H and O–H groups in total. The number of benzene rings is 2. The van der Waals surface area contributed by atoms with Gasteiger partial charge >= 0.3 is 6.09 Å². The van der Waals surface area contributed by atoms with Gasteiger partial charge in [-0.15, -0.1) is 0 Å². The third kappa shape index (κ3) is 4.20. The van der Waals surface area contributed by atoms with Gasteiger partial charge in [0.25, 0.3) is 0 Å². The first-order chi connectivity index (χ1) is 11.6. The van der Waals surface area contributed by atoms with Gasteiger partial charge in [0.2, 0.25) is 0 Å². The molecule has 0 spiro atoms. The molecule has 0 aliphatic heterocycles. The summed E-state index contributed by atoms with van der Waals surface area (Å²) in [7, 11) is 2.98. The van der Waals surface area contributed by atoms with Crippen molar-refractivity contribution in [3.8, 4) is 11.5 Å². The van der Waals surface area contributed by atoms with E-state index < -0.39 is 6.09 Å². The number of carbonyl (C=O) groups excluding carboxylic acids is 1. The van der Waals surface area contributed by atoms with Crippen molar-refractivity contribution in [2.24, 2.45) is 0 Å². The minimum absolute atomic E-state index is 0.167. The molecule has 5 nitrogen and oxygen atoms in total. The highest BCUT2D eigenvalue weighted by atomic mass is 35.5. The number of anilines is 1. The van der Waals surface area contributed by atoms with Crippen molar-refractivity contribution in [3.63, 3.8) is 0 Å². The number of amides is 1. The number of ether oxygens (including phenoxy) is 3. The van der Waals surface area contributed by atoms with E-state index in [0.717, 1.165) is 5.56 Å². The SMILES string of the molecule is C=C(Cl)c1c(OC)ccc(NC(=O)OCc2ccccc2)c1OC. The summed E-state index contributed by atoms with van der Waals surface area (Å²) in [5, 5.41) is 2.88. The Labute approximate surface area is 145 Å². The van der Waals surface area contributed by atoms with E-state index in [9.17, 15) is 4.79 Å². The van der Waals surface area contributed by atoms with Crippen LogP contribution in [0.3, 0.4) is 0 Å². The summed E-state index contributed by atoms with van der Waals surface area (Å²) in [6.07, 6.45) is -0.603. The van der Waals surface area contributed by atoms with E-state index in [-0.39, 0.29) is 11.6 Å². The van der Waals surface area contributed by atoms with Gasteiger partial charge in [0.05, 0.1) is 25.5 Å². The minimum Gasteiger partial charge on any atom is -0.496 e. The molecule has 0 radical (unpaired) electrons. The van der Waals surface area contributed by atoms with Gasteiger partial charge in [0.15, 0.2) is 5.75 Å². The number of hydrogen-bond acceptors (Lipinski definition) is 4. The van der Waals surface area contributed by atoms with Crippen LogP contribution in [0.5, 0.6) is 11.5 Å². The Morgan fingerprint density at radius 3 is 2.42 bits per heavy atom. The minimum atomic E-state index is -0.603. The number of methoxy groups -OCH3 is 2. The zero-order valence-corrected chi connectivity index (χ0v) is 14.2. The Morgan fingerprint density at radius 1 is 1.12 bits per heavy atom. The van der Waals surface area contributed by atoms with Gasteiger partial charge < -0.3 is 14.2 Å². The monoisotopic (exact) mass is 347 g/mol. The first-order valence-electron chi connectivity index (χ1n) is 7.14. The van der Waals surface area contributed by atoms with Gasteiger partial charge in [-0.1, -0.05) is 48.5 Å². The van der Waals surface area contributed by atoms with E-state index in [1.165, 1.54) is 14.2 Å². The van der Waals surface area contributed by atoms with Crippen molar-refractivity contribution in [1.29, 1.82) is 0 Å². The Bertz CT molecular complexity index is 731. The molecule has 1 amide bonds. The maximum atomic E-state index is 12.0. The standard InChI is InChI=1S/C18H18ClNO4/c1-12(19)16-15(22-2)10-9-14(17(16)23-3)20-18(21)24-11-13-7-5-4-6-8-13/h4-10H,1,11H2,2-3H3,(H,20,21). The molecule has 0 aromatic heterocycles. The fraction of sp³-hybridized carbons (Fsp3) is 0.167.